The van der Waals surface area contributed by atoms with Crippen molar-refractivity contribution in [2.75, 3.05) is 0 Å². The van der Waals surface area contributed by atoms with E-state index in [2.05, 4.69) is 4.98 Å². The van der Waals surface area contributed by atoms with Crippen molar-refractivity contribution in [1.29, 1.82) is 0 Å². The number of aromatic nitrogens is 2. The molecule has 0 unspecified atom stereocenters. The van der Waals surface area contributed by atoms with Crippen molar-refractivity contribution in [2.24, 2.45) is 0 Å². The van der Waals surface area contributed by atoms with Crippen LogP contribution in [0.3, 0.4) is 0 Å². The minimum atomic E-state index is -0.592. The van der Waals surface area contributed by atoms with Crippen LogP contribution in [0.1, 0.15) is 42.5 Å². The van der Waals surface area contributed by atoms with Crippen molar-refractivity contribution < 1.29 is 14.6 Å². The van der Waals surface area contributed by atoms with E-state index in [9.17, 15) is 9.90 Å². The molecule has 0 aliphatic carbocycles. The number of para-hydroxylation sites is 2. The van der Waals surface area contributed by atoms with Crippen LogP contribution in [0.4, 0.5) is 0 Å². The largest absolute Gasteiger partial charge is 0.456 e. The summed E-state index contributed by atoms with van der Waals surface area (Å²) in [6, 6.07) is 23.4. The molecule has 3 aromatic carbocycles. The Morgan fingerprint density at radius 2 is 1.71 bits per heavy atom. The van der Waals surface area contributed by atoms with Crippen LogP contribution in [-0.2, 0) is 17.9 Å². The first-order chi connectivity index (χ1) is 14.9. The Bertz CT molecular complexity index is 1220. The lowest BCUT2D eigenvalue weighted by Crippen LogP contribution is -2.24. The van der Waals surface area contributed by atoms with Gasteiger partial charge in [0.05, 0.1) is 16.6 Å². The van der Waals surface area contributed by atoms with Gasteiger partial charge in [-0.05, 0) is 55.7 Å². The number of carbonyl (C=O) groups excluding carboxylic acids is 1. The average molecular weight is 415 g/mol. The maximum Gasteiger partial charge on any atom is 0.339 e. The van der Waals surface area contributed by atoms with E-state index >= 15 is 0 Å². The van der Waals surface area contributed by atoms with Gasteiger partial charge in [0.1, 0.15) is 18.0 Å². The number of hydrogen-bond acceptors (Lipinski definition) is 4. The van der Waals surface area contributed by atoms with Crippen molar-refractivity contribution in [3.63, 3.8) is 0 Å². The van der Waals surface area contributed by atoms with Crippen LogP contribution in [0.2, 0.25) is 0 Å². The number of aliphatic hydroxyl groups excluding tert-OH is 1. The maximum absolute atomic E-state index is 13.1. The smallest absolute Gasteiger partial charge is 0.339 e. The van der Waals surface area contributed by atoms with Crippen LogP contribution >= 0.6 is 0 Å². The first-order valence-corrected chi connectivity index (χ1v) is 10.3. The number of esters is 1. The third kappa shape index (κ3) is 4.52. The van der Waals surface area contributed by atoms with Gasteiger partial charge in [0, 0.05) is 6.54 Å². The van der Waals surface area contributed by atoms with Crippen LogP contribution < -0.4 is 0 Å². The van der Waals surface area contributed by atoms with Gasteiger partial charge >= 0.3 is 5.97 Å². The highest BCUT2D eigenvalue weighted by Crippen LogP contribution is 2.28. The summed E-state index contributed by atoms with van der Waals surface area (Å²) in [5.74, 6) is 0.234. The average Bonchev–Trinajstić information content (AvgIpc) is 3.11. The normalized spacial score (nSPS) is 11.6. The summed E-state index contributed by atoms with van der Waals surface area (Å²) in [5.41, 5.74) is 4.42. The zero-order valence-corrected chi connectivity index (χ0v) is 18.0. The molecule has 0 atom stereocenters. The van der Waals surface area contributed by atoms with Crippen LogP contribution in [0, 0.1) is 0 Å². The molecule has 0 spiro atoms. The lowest BCUT2D eigenvalue weighted by atomic mass is 9.97. The molecule has 0 bridgehead atoms. The standard InChI is InChI=1S/C26H26N2O3/c1-26(2,3)31-25(30)21-15-18(13-14-20(21)19-9-5-4-6-10-19)16-28-23-12-8-7-11-22(23)27-24(28)17-29/h4-15,29H,16-17H2,1-3H3. The summed E-state index contributed by atoms with van der Waals surface area (Å²) in [5, 5.41) is 9.80. The third-order valence-electron chi connectivity index (χ3n) is 5.00. The Morgan fingerprint density at radius 1 is 1.00 bits per heavy atom. The lowest BCUT2D eigenvalue weighted by Gasteiger charge is -2.21. The van der Waals surface area contributed by atoms with Gasteiger partial charge in [0.15, 0.2) is 0 Å². The summed E-state index contributed by atoms with van der Waals surface area (Å²) < 4.78 is 7.67. The van der Waals surface area contributed by atoms with E-state index in [1.165, 1.54) is 0 Å². The molecule has 5 heteroatoms. The molecule has 0 saturated carbocycles. The molecular weight excluding hydrogens is 388 g/mol. The second-order valence-electron chi connectivity index (χ2n) is 8.51. The topological polar surface area (TPSA) is 64.3 Å². The molecule has 0 aliphatic rings. The predicted molar refractivity (Wildman–Crippen MR) is 122 cm³/mol. The SMILES string of the molecule is CC(C)(C)OC(=O)c1cc(Cn2c(CO)nc3ccccc32)ccc1-c1ccccc1. The fourth-order valence-electron chi connectivity index (χ4n) is 3.67. The number of aliphatic hydroxyl groups is 1. The van der Waals surface area contributed by atoms with Crippen molar-refractivity contribution in [2.45, 2.75) is 39.5 Å². The molecule has 1 heterocycles. The van der Waals surface area contributed by atoms with Gasteiger partial charge in [0.2, 0.25) is 0 Å². The second-order valence-corrected chi connectivity index (χ2v) is 8.51. The van der Waals surface area contributed by atoms with Crippen LogP contribution in [-0.4, -0.2) is 26.2 Å². The van der Waals surface area contributed by atoms with Gasteiger partial charge in [-0.25, -0.2) is 9.78 Å². The lowest BCUT2D eigenvalue weighted by molar-refractivity contribution is 0.00703. The van der Waals surface area contributed by atoms with E-state index in [0.29, 0.717) is 17.9 Å². The molecular formula is C26H26N2O3. The van der Waals surface area contributed by atoms with Crippen LogP contribution in [0.15, 0.2) is 72.8 Å². The number of imidazole rings is 1. The third-order valence-corrected chi connectivity index (χ3v) is 5.00. The predicted octanol–water partition coefficient (Wildman–Crippen LogP) is 5.20. The van der Waals surface area contributed by atoms with Gasteiger partial charge in [-0.2, -0.15) is 0 Å². The number of nitrogens with zero attached hydrogens (tertiary/aromatic N) is 2. The molecule has 4 aromatic rings. The molecule has 5 nitrogen and oxygen atoms in total. The zero-order valence-electron chi connectivity index (χ0n) is 18.0. The summed E-state index contributed by atoms with van der Waals surface area (Å²) in [6.45, 7) is 5.92. The van der Waals surface area contributed by atoms with E-state index in [1.54, 1.807) is 0 Å². The van der Waals surface area contributed by atoms with Gasteiger partial charge in [-0.1, -0.05) is 54.6 Å². The number of hydrogen-bond donors (Lipinski definition) is 1. The Hall–Kier alpha value is -3.44. The molecule has 0 saturated heterocycles. The Balaban J connectivity index is 1.78. The number of rotatable bonds is 5. The minimum Gasteiger partial charge on any atom is -0.456 e. The van der Waals surface area contributed by atoms with Crippen LogP contribution in [0.25, 0.3) is 22.2 Å². The van der Waals surface area contributed by atoms with Gasteiger partial charge in [0.25, 0.3) is 0 Å². The molecule has 0 fully saturated rings. The number of fused-ring (bicyclic) bond motifs is 1. The fraction of sp³-hybridized carbons (Fsp3) is 0.231. The van der Waals surface area contributed by atoms with Crippen LogP contribution in [0.5, 0.6) is 0 Å². The maximum atomic E-state index is 13.1. The molecule has 1 aromatic heterocycles. The Kier molecular flexibility index (Phi) is 5.61. The van der Waals surface area contributed by atoms with Gasteiger partial charge in [-0.15, -0.1) is 0 Å². The quantitative estimate of drug-likeness (QED) is 0.456. The molecule has 1 N–H and O–H groups in total. The molecule has 158 valence electrons. The summed E-state index contributed by atoms with van der Waals surface area (Å²) in [7, 11) is 0. The van der Waals surface area contributed by atoms with Crippen molar-refractivity contribution in [3.05, 3.63) is 89.7 Å². The fourth-order valence-corrected chi connectivity index (χ4v) is 3.67. The first-order valence-electron chi connectivity index (χ1n) is 10.3. The van der Waals surface area contributed by atoms with Crippen molar-refractivity contribution in [3.8, 4) is 11.1 Å². The minimum absolute atomic E-state index is 0.157. The first kappa shape index (κ1) is 20.8. The second kappa shape index (κ2) is 8.36. The Labute approximate surface area is 181 Å². The van der Waals surface area contributed by atoms with E-state index in [-0.39, 0.29) is 12.6 Å². The summed E-state index contributed by atoms with van der Waals surface area (Å²) >= 11 is 0. The number of ether oxygens (including phenoxy) is 1. The molecule has 0 radical (unpaired) electrons. The number of carbonyl (C=O) groups is 1. The van der Waals surface area contributed by atoms with E-state index in [0.717, 1.165) is 27.7 Å². The highest BCUT2D eigenvalue weighted by Gasteiger charge is 2.22. The van der Waals surface area contributed by atoms with Gasteiger partial charge in [-0.3, -0.25) is 0 Å². The van der Waals surface area contributed by atoms with Crippen molar-refractivity contribution in [1.82, 2.24) is 9.55 Å². The zero-order chi connectivity index (χ0) is 22.0. The Morgan fingerprint density at radius 3 is 2.42 bits per heavy atom. The highest BCUT2D eigenvalue weighted by molar-refractivity contribution is 5.97. The molecule has 31 heavy (non-hydrogen) atoms. The van der Waals surface area contributed by atoms with Gasteiger partial charge < -0.3 is 14.4 Å². The van der Waals surface area contributed by atoms with E-state index < -0.39 is 5.60 Å². The summed E-state index contributed by atoms with van der Waals surface area (Å²) in [6.07, 6.45) is 0. The summed E-state index contributed by atoms with van der Waals surface area (Å²) in [4.78, 5) is 17.6. The number of benzene rings is 3. The molecule has 0 aliphatic heterocycles. The monoisotopic (exact) mass is 414 g/mol. The molecule has 0 amide bonds. The van der Waals surface area contributed by atoms with E-state index in [1.807, 2.05) is 98.1 Å². The van der Waals surface area contributed by atoms with E-state index in [4.69, 9.17) is 4.74 Å². The molecule has 4 rings (SSSR count). The highest BCUT2D eigenvalue weighted by atomic mass is 16.6. The van der Waals surface area contributed by atoms with Crippen molar-refractivity contribution >= 4 is 17.0 Å².